The summed E-state index contributed by atoms with van der Waals surface area (Å²) >= 11 is 0. The van der Waals surface area contributed by atoms with Crippen molar-refractivity contribution in [2.24, 2.45) is 11.7 Å². The number of primary amides is 1. The van der Waals surface area contributed by atoms with Gasteiger partial charge in [0, 0.05) is 50.5 Å². The minimum Gasteiger partial charge on any atom is -0.391 e. The summed E-state index contributed by atoms with van der Waals surface area (Å²) in [4.78, 5) is 94.8. The average Bonchev–Trinajstić information content (AvgIpc) is 3.75. The zero-order chi connectivity index (χ0) is 38.5. The van der Waals surface area contributed by atoms with Crippen LogP contribution in [0.25, 0.3) is 10.9 Å². The fraction of sp³-hybridized carbons (Fsp3) is 0.583. The van der Waals surface area contributed by atoms with Gasteiger partial charge in [0.2, 0.25) is 41.4 Å². The zero-order valence-electron chi connectivity index (χ0n) is 30.6. The molecule has 0 radical (unpaired) electrons. The quantitative estimate of drug-likeness (QED) is 0.0905. The normalized spacial score (nSPS) is 17.6. The fourth-order valence-electron chi connectivity index (χ4n) is 6.34. The molecular formula is C36H54N8O8. The van der Waals surface area contributed by atoms with Crippen LogP contribution in [-0.4, -0.2) is 106 Å². The number of rotatable bonds is 19. The van der Waals surface area contributed by atoms with Crippen molar-refractivity contribution in [1.82, 2.24) is 36.5 Å². The molecule has 0 bridgehead atoms. The van der Waals surface area contributed by atoms with Gasteiger partial charge in [-0.2, -0.15) is 0 Å². The molecule has 7 atom stereocenters. The second-order valence-electron chi connectivity index (χ2n) is 13.5. The summed E-state index contributed by atoms with van der Waals surface area (Å²) in [5.41, 5.74) is 7.37. The summed E-state index contributed by atoms with van der Waals surface area (Å²) < 4.78 is 0. The Morgan fingerprint density at radius 3 is 2.23 bits per heavy atom. The van der Waals surface area contributed by atoms with E-state index in [2.05, 4.69) is 31.6 Å². The van der Waals surface area contributed by atoms with E-state index in [0.717, 1.165) is 16.5 Å². The van der Waals surface area contributed by atoms with Crippen LogP contribution in [0.3, 0.4) is 0 Å². The molecule has 1 saturated heterocycles. The van der Waals surface area contributed by atoms with E-state index in [1.54, 1.807) is 13.1 Å². The highest BCUT2D eigenvalue weighted by atomic mass is 16.3. The molecule has 0 saturated carbocycles. The molecule has 3 rings (SSSR count). The number of aromatic nitrogens is 1. The van der Waals surface area contributed by atoms with Gasteiger partial charge in [0.25, 0.3) is 0 Å². The van der Waals surface area contributed by atoms with Crippen molar-refractivity contribution in [2.45, 2.75) is 116 Å². The number of hydrogen-bond acceptors (Lipinski definition) is 8. The van der Waals surface area contributed by atoms with Crippen LogP contribution in [0.5, 0.6) is 0 Å². The molecule has 286 valence electrons. The number of carbonyl (C=O) groups is 7. The number of nitrogens with two attached hydrogens (primary N) is 1. The smallest absolute Gasteiger partial charge is 0.245 e. The Balaban J connectivity index is 1.77. The minimum absolute atomic E-state index is 0.132. The first-order valence-corrected chi connectivity index (χ1v) is 17.9. The summed E-state index contributed by atoms with van der Waals surface area (Å²) in [6.45, 7) is 8.16. The number of nitrogens with one attached hydrogen (secondary N) is 6. The van der Waals surface area contributed by atoms with Gasteiger partial charge in [0.15, 0.2) is 0 Å². The Bertz CT molecular complexity index is 1590. The van der Waals surface area contributed by atoms with E-state index in [0.29, 0.717) is 38.6 Å². The number of hydrogen-bond donors (Lipinski definition) is 8. The van der Waals surface area contributed by atoms with Crippen molar-refractivity contribution in [3.8, 4) is 0 Å². The molecule has 1 aliphatic rings. The number of H-pyrrole nitrogens is 1. The van der Waals surface area contributed by atoms with E-state index in [1.807, 2.05) is 31.2 Å². The van der Waals surface area contributed by atoms with Crippen molar-refractivity contribution in [3.05, 3.63) is 36.0 Å². The molecule has 16 nitrogen and oxygen atoms in total. The number of nitrogens with zero attached hydrogens (tertiary/aromatic N) is 1. The van der Waals surface area contributed by atoms with E-state index in [4.69, 9.17) is 5.73 Å². The number of amides is 7. The third-order valence-corrected chi connectivity index (χ3v) is 9.42. The lowest BCUT2D eigenvalue weighted by Crippen LogP contribution is -2.60. The van der Waals surface area contributed by atoms with E-state index in [1.165, 1.54) is 25.7 Å². The summed E-state index contributed by atoms with van der Waals surface area (Å²) in [5, 5.41) is 24.3. The van der Waals surface area contributed by atoms with Gasteiger partial charge < -0.3 is 47.3 Å². The van der Waals surface area contributed by atoms with E-state index >= 15 is 0 Å². The van der Waals surface area contributed by atoms with Crippen LogP contribution in [0.4, 0.5) is 0 Å². The van der Waals surface area contributed by atoms with E-state index in [9.17, 15) is 38.7 Å². The molecule has 2 heterocycles. The number of aliphatic hydroxyl groups is 1. The first kappa shape index (κ1) is 41.4. The first-order chi connectivity index (χ1) is 24.6. The largest absolute Gasteiger partial charge is 0.391 e. The molecule has 0 aliphatic carbocycles. The highest BCUT2D eigenvalue weighted by molar-refractivity contribution is 5.97. The summed E-state index contributed by atoms with van der Waals surface area (Å²) in [5.74, 6) is -4.28. The van der Waals surface area contributed by atoms with Gasteiger partial charge >= 0.3 is 0 Å². The lowest BCUT2D eigenvalue weighted by molar-refractivity contribution is -0.143. The molecule has 52 heavy (non-hydrogen) atoms. The standard InChI is InChI=1S/C36H54N8O8/c1-6-20(2)30(34(50)42-28(32(37)48)18-24-19-39-26-13-8-7-12-25(24)26)43-33(49)29-15-11-17-44(29)36(52)27(14-9-10-16-38-22(4)46)41-35(51)31(21(3)45)40-23(5)47/h7-8,12-13,19-21,27-31,39,45H,6,9-11,14-18H2,1-5H3,(H2,37,48)(H,38,46)(H,40,47)(H,41,51)(H,42,50)(H,43,49)/t20-,21+,27-,28-,29-,30-,31-/m0/s1. The SMILES string of the molecule is CC[C@H](C)[C@H](NC(=O)[C@@H]1CCCN1C(=O)[C@H](CCCCNC(C)=O)NC(=O)[C@@H](NC(C)=O)[C@@H](C)O)C(=O)N[C@@H](Cc1c[nH]c2ccccc12)C(N)=O. The highest BCUT2D eigenvalue weighted by Crippen LogP contribution is 2.22. The molecule has 7 amide bonds. The predicted molar refractivity (Wildman–Crippen MR) is 193 cm³/mol. The number of benzene rings is 1. The summed E-state index contributed by atoms with van der Waals surface area (Å²) in [7, 11) is 0. The molecule has 1 aromatic heterocycles. The molecular weight excluding hydrogens is 672 g/mol. The number of para-hydroxylation sites is 1. The maximum absolute atomic E-state index is 14.0. The monoisotopic (exact) mass is 726 g/mol. The lowest BCUT2D eigenvalue weighted by atomic mass is 9.96. The van der Waals surface area contributed by atoms with Crippen LogP contribution in [0.2, 0.25) is 0 Å². The van der Waals surface area contributed by atoms with Gasteiger partial charge in [-0.05, 0) is 56.6 Å². The Morgan fingerprint density at radius 1 is 0.923 bits per heavy atom. The zero-order valence-corrected chi connectivity index (χ0v) is 30.6. The van der Waals surface area contributed by atoms with Crippen molar-refractivity contribution in [3.63, 3.8) is 0 Å². The molecule has 16 heteroatoms. The maximum Gasteiger partial charge on any atom is 0.245 e. The van der Waals surface area contributed by atoms with Crippen LogP contribution >= 0.6 is 0 Å². The van der Waals surface area contributed by atoms with Crippen molar-refractivity contribution in [1.29, 1.82) is 0 Å². The van der Waals surface area contributed by atoms with E-state index in [-0.39, 0.29) is 31.2 Å². The Labute approximate surface area is 303 Å². The van der Waals surface area contributed by atoms with Crippen LogP contribution in [0.1, 0.15) is 78.7 Å². The molecule has 1 aromatic carbocycles. The Kier molecular flexibility index (Phi) is 15.6. The van der Waals surface area contributed by atoms with Crippen molar-refractivity contribution in [2.75, 3.05) is 13.1 Å². The van der Waals surface area contributed by atoms with Gasteiger partial charge in [-0.1, -0.05) is 38.5 Å². The van der Waals surface area contributed by atoms with Gasteiger partial charge in [0.1, 0.15) is 30.2 Å². The number of aromatic amines is 1. The number of aliphatic hydroxyl groups excluding tert-OH is 1. The first-order valence-electron chi connectivity index (χ1n) is 17.9. The topological polar surface area (TPSA) is 245 Å². The van der Waals surface area contributed by atoms with Crippen molar-refractivity contribution < 1.29 is 38.7 Å². The number of carbonyl (C=O) groups excluding carboxylic acids is 7. The third kappa shape index (κ3) is 11.5. The fourth-order valence-corrected chi connectivity index (χ4v) is 6.34. The van der Waals surface area contributed by atoms with Crippen LogP contribution in [0.15, 0.2) is 30.5 Å². The van der Waals surface area contributed by atoms with Crippen molar-refractivity contribution >= 4 is 52.3 Å². The van der Waals surface area contributed by atoms with Gasteiger partial charge in [-0.15, -0.1) is 0 Å². The Hall–Kier alpha value is -4.99. The van der Waals surface area contributed by atoms with Gasteiger partial charge in [-0.25, -0.2) is 0 Å². The Morgan fingerprint density at radius 2 is 1.60 bits per heavy atom. The van der Waals surface area contributed by atoms with Gasteiger partial charge in [-0.3, -0.25) is 33.6 Å². The van der Waals surface area contributed by atoms with Gasteiger partial charge in [0.05, 0.1) is 6.10 Å². The molecule has 0 unspecified atom stereocenters. The second kappa shape index (κ2) is 19.6. The second-order valence-corrected chi connectivity index (χ2v) is 13.5. The lowest BCUT2D eigenvalue weighted by Gasteiger charge is -2.32. The summed E-state index contributed by atoms with van der Waals surface area (Å²) in [6, 6.07) is 2.05. The average molecular weight is 727 g/mol. The number of unbranched alkanes of at least 4 members (excludes halogenated alkanes) is 1. The molecule has 9 N–H and O–H groups in total. The molecule has 2 aromatic rings. The van der Waals surface area contributed by atoms with Crippen LogP contribution in [0, 0.1) is 5.92 Å². The maximum atomic E-state index is 14.0. The third-order valence-electron chi connectivity index (χ3n) is 9.42. The number of fused-ring (bicyclic) bond motifs is 1. The minimum atomic E-state index is -1.32. The molecule has 1 aliphatic heterocycles. The van der Waals surface area contributed by atoms with Crippen LogP contribution < -0.4 is 32.3 Å². The predicted octanol–water partition coefficient (Wildman–Crippen LogP) is -0.121. The summed E-state index contributed by atoms with van der Waals surface area (Å²) in [6.07, 6.45) is 3.04. The van der Waals surface area contributed by atoms with E-state index < -0.39 is 71.8 Å². The molecule has 0 spiro atoms. The van der Waals surface area contributed by atoms with Crippen LogP contribution in [-0.2, 0) is 40.0 Å². The molecule has 1 fully saturated rings. The number of likely N-dealkylation sites (tertiary alicyclic amines) is 1. The highest BCUT2D eigenvalue weighted by Gasteiger charge is 2.40.